The minimum absolute atomic E-state index is 0.0422. The molecule has 1 saturated heterocycles. The van der Waals surface area contributed by atoms with E-state index in [0.29, 0.717) is 24.3 Å². The van der Waals surface area contributed by atoms with Gasteiger partial charge in [-0.05, 0) is 35.2 Å². The maximum absolute atomic E-state index is 12.3. The number of carbonyl (C=O) groups excluding carboxylic acids is 2. The number of nitrogens with two attached hydrogens (primary N) is 1. The molecule has 0 spiro atoms. The van der Waals surface area contributed by atoms with E-state index >= 15 is 0 Å². The van der Waals surface area contributed by atoms with Gasteiger partial charge in [0.25, 0.3) is 0 Å². The van der Waals surface area contributed by atoms with Gasteiger partial charge in [0.05, 0.1) is 18.4 Å². The molecule has 0 bridgehead atoms. The number of hydrogen-bond acceptors (Lipinski definition) is 5. The van der Waals surface area contributed by atoms with Gasteiger partial charge < -0.3 is 20.5 Å². The molecular weight excluding hydrogens is 430 g/mol. The van der Waals surface area contributed by atoms with Crippen molar-refractivity contribution in [3.63, 3.8) is 0 Å². The summed E-state index contributed by atoms with van der Waals surface area (Å²) in [5.74, 6) is -0.186. The summed E-state index contributed by atoms with van der Waals surface area (Å²) < 4.78 is 11.2. The van der Waals surface area contributed by atoms with Gasteiger partial charge in [-0.2, -0.15) is 0 Å². The Balaban J connectivity index is 1.23. The van der Waals surface area contributed by atoms with Gasteiger partial charge in [0.15, 0.2) is 0 Å². The summed E-state index contributed by atoms with van der Waals surface area (Å²) in [6.45, 7) is 0.533. The summed E-state index contributed by atoms with van der Waals surface area (Å²) in [5, 5.41) is 10.4. The van der Waals surface area contributed by atoms with Crippen LogP contribution in [0, 0.1) is 11.3 Å². The highest BCUT2D eigenvalue weighted by Gasteiger charge is 2.34. The van der Waals surface area contributed by atoms with Gasteiger partial charge >= 0.3 is 5.97 Å². The van der Waals surface area contributed by atoms with Crippen LogP contribution in [0.25, 0.3) is 11.1 Å². The van der Waals surface area contributed by atoms with E-state index in [1.165, 1.54) is 0 Å². The van der Waals surface area contributed by atoms with Crippen molar-refractivity contribution in [1.82, 2.24) is 5.32 Å². The van der Waals surface area contributed by atoms with Gasteiger partial charge in [0, 0.05) is 5.56 Å². The maximum atomic E-state index is 12.3. The molecule has 4 rings (SSSR count). The van der Waals surface area contributed by atoms with E-state index in [4.69, 9.17) is 20.6 Å². The van der Waals surface area contributed by atoms with E-state index in [1.54, 1.807) is 0 Å². The van der Waals surface area contributed by atoms with E-state index in [2.05, 4.69) is 5.32 Å². The van der Waals surface area contributed by atoms with Crippen molar-refractivity contribution in [2.45, 2.75) is 25.5 Å². The molecule has 2 atom stereocenters. The summed E-state index contributed by atoms with van der Waals surface area (Å²) in [5.41, 5.74) is 9.14. The first-order valence-corrected chi connectivity index (χ1v) is 11.2. The third-order valence-electron chi connectivity index (χ3n) is 5.78. The Labute approximate surface area is 198 Å². The van der Waals surface area contributed by atoms with Crippen LogP contribution in [0.4, 0.5) is 0 Å². The molecule has 4 N–H and O–H groups in total. The Bertz CT molecular complexity index is 1140. The molecule has 0 saturated carbocycles. The lowest BCUT2D eigenvalue weighted by Crippen LogP contribution is -2.31. The van der Waals surface area contributed by atoms with Crippen LogP contribution in [-0.4, -0.2) is 30.4 Å². The van der Waals surface area contributed by atoms with Crippen molar-refractivity contribution in [2.24, 2.45) is 11.7 Å². The van der Waals surface area contributed by atoms with Crippen molar-refractivity contribution < 1.29 is 19.1 Å². The standard InChI is InChI=1S/C27H27N3O4/c28-26(29)21-8-6-19(7-9-21)20-10-12-24(13-11-20)33-17-23-14-22(27(32)30-23)15-25(31)34-16-18-4-2-1-3-5-18/h1-13,22-23H,14-17H2,(H3,28,29)(H,30,32)/t22-,23-/m0/s1. The van der Waals surface area contributed by atoms with Crippen LogP contribution in [0.15, 0.2) is 78.9 Å². The Hall–Kier alpha value is -4.13. The van der Waals surface area contributed by atoms with Crippen LogP contribution in [0.2, 0.25) is 0 Å². The first-order valence-electron chi connectivity index (χ1n) is 11.2. The van der Waals surface area contributed by atoms with Crippen LogP contribution in [-0.2, 0) is 20.9 Å². The van der Waals surface area contributed by atoms with Crippen molar-refractivity contribution in [1.29, 1.82) is 5.41 Å². The molecule has 34 heavy (non-hydrogen) atoms. The minimum atomic E-state index is -0.405. The zero-order valence-corrected chi connectivity index (χ0v) is 18.7. The fourth-order valence-corrected chi connectivity index (χ4v) is 3.90. The Morgan fingerprint density at radius 1 is 0.971 bits per heavy atom. The number of ether oxygens (including phenoxy) is 2. The molecule has 1 aliphatic heterocycles. The Morgan fingerprint density at radius 2 is 1.62 bits per heavy atom. The summed E-state index contributed by atoms with van der Waals surface area (Å²) in [4.78, 5) is 24.4. The molecule has 3 aromatic rings. The summed E-state index contributed by atoms with van der Waals surface area (Å²) in [7, 11) is 0. The largest absolute Gasteiger partial charge is 0.491 e. The number of nitrogens with one attached hydrogen (secondary N) is 2. The molecule has 1 aliphatic rings. The molecule has 0 unspecified atom stereocenters. The van der Waals surface area contributed by atoms with Gasteiger partial charge in [0.2, 0.25) is 5.91 Å². The Morgan fingerprint density at radius 3 is 2.26 bits per heavy atom. The van der Waals surface area contributed by atoms with Crippen LogP contribution in [0.5, 0.6) is 5.75 Å². The molecule has 1 amide bonds. The number of esters is 1. The zero-order chi connectivity index (χ0) is 23.9. The third kappa shape index (κ3) is 6.01. The molecule has 0 aliphatic carbocycles. The van der Waals surface area contributed by atoms with Gasteiger partial charge in [-0.3, -0.25) is 15.0 Å². The lowest BCUT2D eigenvalue weighted by atomic mass is 10.0. The van der Waals surface area contributed by atoms with E-state index in [-0.39, 0.29) is 36.8 Å². The van der Waals surface area contributed by atoms with Crippen molar-refractivity contribution in [3.8, 4) is 16.9 Å². The lowest BCUT2D eigenvalue weighted by molar-refractivity contribution is -0.147. The highest BCUT2D eigenvalue weighted by molar-refractivity contribution is 5.95. The normalized spacial score (nSPS) is 17.1. The quantitative estimate of drug-likeness (QED) is 0.258. The number of benzene rings is 3. The fourth-order valence-electron chi connectivity index (χ4n) is 3.90. The summed E-state index contributed by atoms with van der Waals surface area (Å²) in [6.07, 6.45) is 0.589. The molecule has 3 aromatic carbocycles. The molecular formula is C27H27N3O4. The SMILES string of the molecule is N=C(N)c1ccc(-c2ccc(OC[C@@H]3C[C@@H](CC(=O)OCc4ccccc4)C(=O)N3)cc2)cc1. The summed E-state index contributed by atoms with van der Waals surface area (Å²) >= 11 is 0. The number of hydrogen-bond donors (Lipinski definition) is 3. The number of amides is 1. The number of amidine groups is 1. The van der Waals surface area contributed by atoms with E-state index in [0.717, 1.165) is 16.7 Å². The fraction of sp³-hybridized carbons (Fsp3) is 0.222. The predicted molar refractivity (Wildman–Crippen MR) is 129 cm³/mol. The van der Waals surface area contributed by atoms with Crippen molar-refractivity contribution in [3.05, 3.63) is 90.0 Å². The summed E-state index contributed by atoms with van der Waals surface area (Å²) in [6, 6.07) is 24.4. The second-order valence-corrected chi connectivity index (χ2v) is 8.31. The smallest absolute Gasteiger partial charge is 0.306 e. The second-order valence-electron chi connectivity index (χ2n) is 8.31. The van der Waals surface area contributed by atoms with E-state index in [1.807, 2.05) is 78.9 Å². The van der Waals surface area contributed by atoms with Crippen LogP contribution in [0.1, 0.15) is 24.0 Å². The van der Waals surface area contributed by atoms with Crippen LogP contribution >= 0.6 is 0 Å². The first kappa shape index (κ1) is 23.0. The number of carbonyl (C=O) groups is 2. The topological polar surface area (TPSA) is 115 Å². The zero-order valence-electron chi connectivity index (χ0n) is 18.7. The molecule has 7 nitrogen and oxygen atoms in total. The van der Waals surface area contributed by atoms with Crippen molar-refractivity contribution >= 4 is 17.7 Å². The average Bonchev–Trinajstić information content (AvgIpc) is 3.21. The molecule has 1 fully saturated rings. The molecule has 0 aromatic heterocycles. The highest BCUT2D eigenvalue weighted by atomic mass is 16.5. The van der Waals surface area contributed by atoms with Crippen LogP contribution < -0.4 is 15.8 Å². The number of nitrogen functional groups attached to an aromatic ring is 1. The number of rotatable bonds is 9. The monoisotopic (exact) mass is 457 g/mol. The van der Waals surface area contributed by atoms with Crippen molar-refractivity contribution in [2.75, 3.05) is 6.61 Å². The predicted octanol–water partition coefficient (Wildman–Crippen LogP) is 3.65. The first-order chi connectivity index (χ1) is 16.5. The van der Waals surface area contributed by atoms with Gasteiger partial charge in [-0.1, -0.05) is 66.7 Å². The van der Waals surface area contributed by atoms with E-state index in [9.17, 15) is 9.59 Å². The average molecular weight is 458 g/mol. The maximum Gasteiger partial charge on any atom is 0.306 e. The lowest BCUT2D eigenvalue weighted by Gasteiger charge is -2.12. The minimum Gasteiger partial charge on any atom is -0.491 e. The molecule has 7 heteroatoms. The van der Waals surface area contributed by atoms with Gasteiger partial charge in [-0.15, -0.1) is 0 Å². The Kier molecular flexibility index (Phi) is 7.22. The van der Waals surface area contributed by atoms with Crippen LogP contribution in [0.3, 0.4) is 0 Å². The van der Waals surface area contributed by atoms with Gasteiger partial charge in [-0.25, -0.2) is 0 Å². The highest BCUT2D eigenvalue weighted by Crippen LogP contribution is 2.24. The van der Waals surface area contributed by atoms with Gasteiger partial charge in [0.1, 0.15) is 24.8 Å². The van der Waals surface area contributed by atoms with E-state index < -0.39 is 5.92 Å². The molecule has 174 valence electrons. The molecule has 1 heterocycles. The molecule has 0 radical (unpaired) electrons. The second kappa shape index (κ2) is 10.7. The third-order valence-corrected chi connectivity index (χ3v) is 5.78.